The van der Waals surface area contributed by atoms with Crippen LogP contribution in [0.5, 0.6) is 0 Å². The Bertz CT molecular complexity index is 367. The SMILES string of the molecule is CCC(CC#N)NC(=O)CC1(CC(=O)O)CCCC1. The number of hydrogen-bond donors (Lipinski definition) is 2. The van der Waals surface area contributed by atoms with Gasteiger partial charge < -0.3 is 10.4 Å². The Hall–Kier alpha value is -1.57. The maximum Gasteiger partial charge on any atom is 0.303 e. The maximum absolute atomic E-state index is 12.0. The molecule has 5 heteroatoms. The Labute approximate surface area is 114 Å². The van der Waals surface area contributed by atoms with Crippen molar-refractivity contribution in [2.24, 2.45) is 5.41 Å². The lowest BCUT2D eigenvalue weighted by molar-refractivity contribution is -0.140. The van der Waals surface area contributed by atoms with Crippen LogP contribution in [0.4, 0.5) is 0 Å². The van der Waals surface area contributed by atoms with E-state index in [1.54, 1.807) is 0 Å². The van der Waals surface area contributed by atoms with Gasteiger partial charge in [0.2, 0.25) is 5.91 Å². The molecular weight excluding hydrogens is 244 g/mol. The van der Waals surface area contributed by atoms with Crippen LogP contribution in [0.15, 0.2) is 0 Å². The molecule has 0 spiro atoms. The van der Waals surface area contributed by atoms with Crippen LogP contribution in [0.25, 0.3) is 0 Å². The van der Waals surface area contributed by atoms with Crippen LogP contribution in [0, 0.1) is 16.7 Å². The van der Waals surface area contributed by atoms with Gasteiger partial charge in [0, 0.05) is 12.5 Å². The number of carbonyl (C=O) groups excluding carboxylic acids is 1. The minimum Gasteiger partial charge on any atom is -0.481 e. The molecule has 1 fully saturated rings. The van der Waals surface area contributed by atoms with Crippen LogP contribution in [-0.2, 0) is 9.59 Å². The number of nitriles is 1. The average molecular weight is 266 g/mol. The highest BCUT2D eigenvalue weighted by Gasteiger charge is 2.38. The largest absolute Gasteiger partial charge is 0.481 e. The number of nitrogens with one attached hydrogen (secondary N) is 1. The van der Waals surface area contributed by atoms with Crippen LogP contribution in [0.3, 0.4) is 0 Å². The number of carboxylic acids is 1. The predicted molar refractivity (Wildman–Crippen MR) is 70.2 cm³/mol. The Balaban J connectivity index is 2.57. The molecule has 1 aliphatic carbocycles. The Morgan fingerprint density at radius 1 is 1.37 bits per heavy atom. The van der Waals surface area contributed by atoms with Crippen molar-refractivity contribution in [3.63, 3.8) is 0 Å². The highest BCUT2D eigenvalue weighted by Crippen LogP contribution is 2.44. The second kappa shape index (κ2) is 7.13. The quantitative estimate of drug-likeness (QED) is 0.739. The molecule has 2 N–H and O–H groups in total. The summed E-state index contributed by atoms with van der Waals surface area (Å²) in [7, 11) is 0. The van der Waals surface area contributed by atoms with Gasteiger partial charge in [-0.1, -0.05) is 19.8 Å². The molecule has 0 saturated heterocycles. The second-order valence-electron chi connectivity index (χ2n) is 5.49. The van der Waals surface area contributed by atoms with Crippen molar-refractivity contribution in [1.82, 2.24) is 5.32 Å². The van der Waals surface area contributed by atoms with Gasteiger partial charge in [0.25, 0.3) is 0 Å². The first-order valence-corrected chi connectivity index (χ1v) is 6.89. The number of nitrogens with zero attached hydrogens (tertiary/aromatic N) is 1. The van der Waals surface area contributed by atoms with E-state index >= 15 is 0 Å². The van der Waals surface area contributed by atoms with E-state index in [0.717, 1.165) is 25.7 Å². The monoisotopic (exact) mass is 266 g/mol. The van der Waals surface area contributed by atoms with Gasteiger partial charge in [0.05, 0.1) is 18.9 Å². The zero-order chi connectivity index (χ0) is 14.3. The number of carbonyl (C=O) groups is 2. The number of hydrogen-bond acceptors (Lipinski definition) is 3. The van der Waals surface area contributed by atoms with E-state index < -0.39 is 5.97 Å². The molecule has 1 saturated carbocycles. The van der Waals surface area contributed by atoms with Crippen LogP contribution in [-0.4, -0.2) is 23.0 Å². The van der Waals surface area contributed by atoms with Crippen molar-refractivity contribution in [2.75, 3.05) is 0 Å². The second-order valence-corrected chi connectivity index (χ2v) is 5.49. The van der Waals surface area contributed by atoms with Gasteiger partial charge >= 0.3 is 5.97 Å². The number of carboxylic acid groups (broad SMARTS) is 1. The third-order valence-electron chi connectivity index (χ3n) is 3.92. The third kappa shape index (κ3) is 4.90. The molecule has 0 aromatic heterocycles. The summed E-state index contributed by atoms with van der Waals surface area (Å²) in [5.41, 5.74) is -0.374. The van der Waals surface area contributed by atoms with Gasteiger partial charge in [0.15, 0.2) is 0 Å². The molecule has 0 aromatic carbocycles. The van der Waals surface area contributed by atoms with Crippen molar-refractivity contribution >= 4 is 11.9 Å². The Morgan fingerprint density at radius 3 is 2.47 bits per heavy atom. The van der Waals surface area contributed by atoms with Crippen molar-refractivity contribution in [1.29, 1.82) is 5.26 Å². The van der Waals surface area contributed by atoms with Gasteiger partial charge in [-0.15, -0.1) is 0 Å². The lowest BCUT2D eigenvalue weighted by Crippen LogP contribution is -2.38. The highest BCUT2D eigenvalue weighted by molar-refractivity contribution is 5.78. The number of amides is 1. The topological polar surface area (TPSA) is 90.2 Å². The molecule has 1 aliphatic rings. The normalized spacial score (nSPS) is 18.5. The van der Waals surface area contributed by atoms with E-state index in [4.69, 9.17) is 10.4 Å². The fourth-order valence-corrected chi connectivity index (χ4v) is 2.89. The summed E-state index contributed by atoms with van der Waals surface area (Å²) in [6.45, 7) is 1.92. The highest BCUT2D eigenvalue weighted by atomic mass is 16.4. The average Bonchev–Trinajstić information content (AvgIpc) is 2.75. The van der Waals surface area contributed by atoms with Gasteiger partial charge in [-0.25, -0.2) is 0 Å². The smallest absolute Gasteiger partial charge is 0.303 e. The molecule has 106 valence electrons. The molecule has 1 rings (SSSR count). The zero-order valence-electron chi connectivity index (χ0n) is 11.4. The van der Waals surface area contributed by atoms with Gasteiger partial charge in [0.1, 0.15) is 0 Å². The fourth-order valence-electron chi connectivity index (χ4n) is 2.89. The molecule has 19 heavy (non-hydrogen) atoms. The fraction of sp³-hybridized carbons (Fsp3) is 0.786. The summed E-state index contributed by atoms with van der Waals surface area (Å²) < 4.78 is 0. The van der Waals surface area contributed by atoms with Gasteiger partial charge in [-0.05, 0) is 24.7 Å². The lowest BCUT2D eigenvalue weighted by atomic mass is 9.79. The van der Waals surface area contributed by atoms with Crippen LogP contribution in [0.1, 0.15) is 58.3 Å². The van der Waals surface area contributed by atoms with Crippen molar-refractivity contribution < 1.29 is 14.7 Å². The lowest BCUT2D eigenvalue weighted by Gasteiger charge is -2.27. The summed E-state index contributed by atoms with van der Waals surface area (Å²) in [6.07, 6.45) is 4.95. The minimum atomic E-state index is -0.834. The number of aliphatic carboxylic acids is 1. The van der Waals surface area contributed by atoms with E-state index in [-0.39, 0.29) is 30.2 Å². The summed E-state index contributed by atoms with van der Waals surface area (Å²) in [5, 5.41) is 20.5. The van der Waals surface area contributed by atoms with E-state index in [2.05, 4.69) is 11.4 Å². The minimum absolute atomic E-state index is 0.0649. The molecule has 1 amide bonds. The van der Waals surface area contributed by atoms with Crippen LogP contribution < -0.4 is 5.32 Å². The molecule has 0 heterocycles. The molecular formula is C14H22N2O3. The molecule has 0 radical (unpaired) electrons. The van der Waals surface area contributed by atoms with Crippen molar-refractivity contribution in [3.05, 3.63) is 0 Å². The van der Waals surface area contributed by atoms with Gasteiger partial charge in [-0.2, -0.15) is 5.26 Å². The van der Waals surface area contributed by atoms with E-state index in [0.29, 0.717) is 12.8 Å². The predicted octanol–water partition coefficient (Wildman–Crippen LogP) is 2.22. The summed E-state index contributed by atoms with van der Waals surface area (Å²) >= 11 is 0. The first kappa shape index (κ1) is 15.5. The standard InChI is InChI=1S/C14H22N2O3/c1-2-11(5-8-15)16-12(17)9-14(10-13(18)19)6-3-4-7-14/h11H,2-7,9-10H2,1H3,(H,16,17)(H,18,19). The summed E-state index contributed by atoms with van der Waals surface area (Å²) in [4.78, 5) is 23.0. The summed E-state index contributed by atoms with van der Waals surface area (Å²) in [6, 6.07) is 1.93. The zero-order valence-corrected chi connectivity index (χ0v) is 11.4. The third-order valence-corrected chi connectivity index (χ3v) is 3.92. The first-order chi connectivity index (χ1) is 9.01. The molecule has 0 aromatic rings. The van der Waals surface area contributed by atoms with Crippen molar-refractivity contribution in [2.45, 2.75) is 64.3 Å². The summed E-state index contributed by atoms with van der Waals surface area (Å²) in [5.74, 6) is -0.955. The van der Waals surface area contributed by atoms with E-state index in [1.165, 1.54) is 0 Å². The molecule has 0 aliphatic heterocycles. The van der Waals surface area contributed by atoms with Crippen LogP contribution >= 0.6 is 0 Å². The molecule has 0 bridgehead atoms. The number of rotatable bonds is 7. The van der Waals surface area contributed by atoms with Gasteiger partial charge in [-0.3, -0.25) is 9.59 Å². The van der Waals surface area contributed by atoms with E-state index in [9.17, 15) is 9.59 Å². The molecule has 1 unspecified atom stereocenters. The van der Waals surface area contributed by atoms with E-state index in [1.807, 2.05) is 6.92 Å². The molecule has 5 nitrogen and oxygen atoms in total. The first-order valence-electron chi connectivity index (χ1n) is 6.89. The maximum atomic E-state index is 12.0. The Kier molecular flexibility index (Phi) is 5.81. The van der Waals surface area contributed by atoms with Crippen molar-refractivity contribution in [3.8, 4) is 6.07 Å². The van der Waals surface area contributed by atoms with Crippen LogP contribution in [0.2, 0.25) is 0 Å². The molecule has 1 atom stereocenters. The Morgan fingerprint density at radius 2 is 2.00 bits per heavy atom.